The van der Waals surface area contributed by atoms with Crippen molar-refractivity contribution >= 4 is 16.7 Å². The topological polar surface area (TPSA) is 73.8 Å². The zero-order chi connectivity index (χ0) is 13.2. The molecular formula is C13H10N4O2. The molecule has 0 amide bonds. The highest BCUT2D eigenvalue weighted by Crippen LogP contribution is 2.20. The number of hydrogen-bond acceptors (Lipinski definition) is 4. The van der Waals surface area contributed by atoms with Crippen LogP contribution in [0.4, 0.5) is 5.69 Å². The summed E-state index contributed by atoms with van der Waals surface area (Å²) >= 11 is 0. The van der Waals surface area contributed by atoms with Gasteiger partial charge in [-0.15, -0.1) is 0 Å². The van der Waals surface area contributed by atoms with Gasteiger partial charge in [-0.05, 0) is 17.7 Å². The Morgan fingerprint density at radius 3 is 2.95 bits per heavy atom. The molecule has 0 N–H and O–H groups in total. The third kappa shape index (κ3) is 2.15. The van der Waals surface area contributed by atoms with Crippen molar-refractivity contribution in [3.63, 3.8) is 0 Å². The molecule has 3 aromatic rings. The van der Waals surface area contributed by atoms with Crippen LogP contribution in [0.3, 0.4) is 0 Å². The second-order valence-electron chi connectivity index (χ2n) is 4.16. The molecule has 1 aromatic carbocycles. The van der Waals surface area contributed by atoms with Crippen molar-refractivity contribution in [2.45, 2.75) is 6.54 Å². The van der Waals surface area contributed by atoms with Gasteiger partial charge in [-0.25, -0.2) is 4.98 Å². The molecule has 6 nitrogen and oxygen atoms in total. The molecule has 94 valence electrons. The van der Waals surface area contributed by atoms with E-state index in [2.05, 4.69) is 9.97 Å². The summed E-state index contributed by atoms with van der Waals surface area (Å²) < 4.78 is 1.94. The van der Waals surface area contributed by atoms with Crippen LogP contribution in [-0.4, -0.2) is 19.5 Å². The molecule has 0 bridgehead atoms. The van der Waals surface area contributed by atoms with Crippen LogP contribution in [0.25, 0.3) is 11.0 Å². The Bertz CT molecular complexity index is 737. The molecule has 0 spiro atoms. The summed E-state index contributed by atoms with van der Waals surface area (Å²) in [6.45, 7) is 0.641. The first-order valence-corrected chi connectivity index (χ1v) is 5.72. The van der Waals surface area contributed by atoms with Gasteiger partial charge in [0.25, 0.3) is 5.69 Å². The predicted molar refractivity (Wildman–Crippen MR) is 69.7 cm³/mol. The number of benzene rings is 1. The number of hydrogen-bond donors (Lipinski definition) is 0. The van der Waals surface area contributed by atoms with Crippen LogP contribution in [-0.2, 0) is 6.54 Å². The van der Waals surface area contributed by atoms with Gasteiger partial charge in [-0.1, -0.05) is 6.07 Å². The highest BCUT2D eigenvalue weighted by molar-refractivity contribution is 5.78. The van der Waals surface area contributed by atoms with E-state index in [1.54, 1.807) is 24.8 Å². The maximum Gasteiger partial charge on any atom is 0.271 e. The molecule has 2 heterocycles. The Labute approximate surface area is 108 Å². The first-order valence-electron chi connectivity index (χ1n) is 5.72. The van der Waals surface area contributed by atoms with Gasteiger partial charge in [0.05, 0.1) is 28.8 Å². The minimum Gasteiger partial charge on any atom is -0.326 e. The van der Waals surface area contributed by atoms with E-state index < -0.39 is 4.92 Å². The van der Waals surface area contributed by atoms with E-state index >= 15 is 0 Å². The van der Waals surface area contributed by atoms with Crippen LogP contribution < -0.4 is 0 Å². The van der Waals surface area contributed by atoms with Gasteiger partial charge in [-0.2, -0.15) is 0 Å². The number of pyridine rings is 1. The van der Waals surface area contributed by atoms with E-state index in [4.69, 9.17) is 0 Å². The highest BCUT2D eigenvalue weighted by atomic mass is 16.6. The van der Waals surface area contributed by atoms with Gasteiger partial charge in [0.15, 0.2) is 0 Å². The van der Waals surface area contributed by atoms with Crippen LogP contribution in [0.2, 0.25) is 0 Å². The number of rotatable bonds is 3. The summed E-state index contributed by atoms with van der Waals surface area (Å²) in [5.41, 5.74) is 2.60. The lowest BCUT2D eigenvalue weighted by molar-refractivity contribution is -0.384. The number of fused-ring (bicyclic) bond motifs is 1. The van der Waals surface area contributed by atoms with Crippen molar-refractivity contribution in [2.24, 2.45) is 0 Å². The lowest BCUT2D eigenvalue weighted by atomic mass is 10.2. The largest absolute Gasteiger partial charge is 0.326 e. The quantitative estimate of drug-likeness (QED) is 0.531. The zero-order valence-electron chi connectivity index (χ0n) is 9.93. The molecule has 0 atom stereocenters. The lowest BCUT2D eigenvalue weighted by Crippen LogP contribution is -1.98. The fourth-order valence-corrected chi connectivity index (χ4v) is 1.98. The average molecular weight is 254 g/mol. The Hall–Kier alpha value is -2.76. The van der Waals surface area contributed by atoms with Crippen molar-refractivity contribution in [3.8, 4) is 0 Å². The van der Waals surface area contributed by atoms with E-state index in [-0.39, 0.29) is 5.69 Å². The maximum absolute atomic E-state index is 10.7. The number of imidazole rings is 1. The zero-order valence-corrected chi connectivity index (χ0v) is 9.93. The van der Waals surface area contributed by atoms with Crippen molar-refractivity contribution in [3.05, 3.63) is 64.7 Å². The van der Waals surface area contributed by atoms with Crippen molar-refractivity contribution in [1.82, 2.24) is 14.5 Å². The van der Waals surface area contributed by atoms with E-state index in [0.29, 0.717) is 12.1 Å². The van der Waals surface area contributed by atoms with Gasteiger partial charge in [-0.3, -0.25) is 15.1 Å². The maximum atomic E-state index is 10.7. The number of nitro groups is 1. The Kier molecular flexibility index (Phi) is 2.68. The minimum atomic E-state index is -0.417. The van der Waals surface area contributed by atoms with Crippen molar-refractivity contribution in [1.29, 1.82) is 0 Å². The predicted octanol–water partition coefficient (Wildman–Crippen LogP) is 2.39. The normalized spacial score (nSPS) is 10.7. The van der Waals surface area contributed by atoms with Crippen LogP contribution in [0.5, 0.6) is 0 Å². The van der Waals surface area contributed by atoms with Crippen molar-refractivity contribution in [2.75, 3.05) is 0 Å². The molecule has 19 heavy (non-hydrogen) atoms. The minimum absolute atomic E-state index is 0.0547. The summed E-state index contributed by atoms with van der Waals surface area (Å²) in [4.78, 5) is 18.5. The standard InChI is InChI=1S/C13H10N4O2/c18-17(19)11-3-4-13-12(6-11)15-9-16(13)8-10-2-1-5-14-7-10/h1-7,9H,8H2. The van der Waals surface area contributed by atoms with Gasteiger partial charge in [0.2, 0.25) is 0 Å². The molecule has 0 aliphatic heterocycles. The van der Waals surface area contributed by atoms with E-state index in [1.165, 1.54) is 12.1 Å². The first-order chi connectivity index (χ1) is 9.24. The van der Waals surface area contributed by atoms with Gasteiger partial charge >= 0.3 is 0 Å². The molecule has 0 aliphatic carbocycles. The number of aromatic nitrogens is 3. The lowest BCUT2D eigenvalue weighted by Gasteiger charge is -2.03. The summed E-state index contributed by atoms with van der Waals surface area (Å²) in [6.07, 6.45) is 5.19. The molecule has 0 radical (unpaired) electrons. The molecule has 3 rings (SSSR count). The Morgan fingerprint density at radius 1 is 1.32 bits per heavy atom. The first kappa shape index (κ1) is 11.3. The molecule has 0 saturated heterocycles. The summed E-state index contributed by atoms with van der Waals surface area (Å²) in [7, 11) is 0. The monoisotopic (exact) mass is 254 g/mol. The number of nitrogens with zero attached hydrogens (tertiary/aromatic N) is 4. The molecule has 0 saturated carbocycles. The molecular weight excluding hydrogens is 244 g/mol. The average Bonchev–Trinajstić information content (AvgIpc) is 2.82. The van der Waals surface area contributed by atoms with E-state index in [1.807, 2.05) is 16.7 Å². The van der Waals surface area contributed by atoms with Crippen LogP contribution in [0.1, 0.15) is 5.56 Å². The second-order valence-corrected chi connectivity index (χ2v) is 4.16. The molecule has 2 aromatic heterocycles. The van der Waals surface area contributed by atoms with E-state index in [9.17, 15) is 10.1 Å². The van der Waals surface area contributed by atoms with Crippen LogP contribution in [0.15, 0.2) is 49.1 Å². The molecule has 6 heteroatoms. The third-order valence-electron chi connectivity index (χ3n) is 2.89. The second kappa shape index (κ2) is 4.49. The Morgan fingerprint density at radius 2 is 2.21 bits per heavy atom. The summed E-state index contributed by atoms with van der Waals surface area (Å²) in [5, 5.41) is 10.7. The third-order valence-corrected chi connectivity index (χ3v) is 2.89. The Balaban J connectivity index is 1.99. The van der Waals surface area contributed by atoms with Crippen LogP contribution in [0, 0.1) is 10.1 Å². The number of nitro benzene ring substituents is 1. The van der Waals surface area contributed by atoms with Gasteiger partial charge < -0.3 is 4.57 Å². The summed E-state index contributed by atoms with van der Waals surface area (Å²) in [5.74, 6) is 0. The van der Waals surface area contributed by atoms with Gasteiger partial charge in [0, 0.05) is 24.5 Å². The summed E-state index contributed by atoms with van der Waals surface area (Å²) in [6, 6.07) is 8.54. The number of non-ortho nitro benzene ring substituents is 1. The van der Waals surface area contributed by atoms with E-state index in [0.717, 1.165) is 11.1 Å². The molecule has 0 aliphatic rings. The van der Waals surface area contributed by atoms with Crippen LogP contribution >= 0.6 is 0 Å². The SMILES string of the molecule is O=[N+]([O-])c1ccc2c(c1)ncn2Cc1cccnc1. The fraction of sp³-hybridized carbons (Fsp3) is 0.0769. The highest BCUT2D eigenvalue weighted by Gasteiger charge is 2.09. The van der Waals surface area contributed by atoms with Crippen molar-refractivity contribution < 1.29 is 4.92 Å². The molecule has 0 unspecified atom stereocenters. The molecule has 0 fully saturated rings. The smallest absolute Gasteiger partial charge is 0.271 e. The fourth-order valence-electron chi connectivity index (χ4n) is 1.98. The van der Waals surface area contributed by atoms with Gasteiger partial charge in [0.1, 0.15) is 0 Å².